The molecule has 13 N–H and O–H groups in total. The van der Waals surface area contributed by atoms with Gasteiger partial charge in [0.15, 0.2) is 25.2 Å². The third kappa shape index (κ3) is 8.85. The van der Waals surface area contributed by atoms with E-state index in [0.717, 1.165) is 0 Å². The highest BCUT2D eigenvalue weighted by Crippen LogP contribution is 2.35. The summed E-state index contributed by atoms with van der Waals surface area (Å²) >= 11 is 0. The molecule has 0 spiro atoms. The Bertz CT molecular complexity index is 1050. The van der Waals surface area contributed by atoms with E-state index in [9.17, 15) is 55.9 Å². The number of carbonyl (C=O) groups excluding carboxylic acids is 1. The van der Waals surface area contributed by atoms with Gasteiger partial charge in [0.05, 0.1) is 32.0 Å². The van der Waals surface area contributed by atoms with Crippen LogP contribution in [0, 0.1) is 0 Å². The van der Waals surface area contributed by atoms with Crippen LogP contribution in [0.4, 0.5) is 0 Å². The van der Waals surface area contributed by atoms with E-state index in [-0.39, 0.29) is 13.2 Å². The highest BCUT2D eigenvalue weighted by molar-refractivity contribution is 5.73. The SMILES string of the molecule is CC(=O)NC1C(OCCN)OC(CO)[C@@H](O)C1O[C@@H]1OC(C)[C@H](O[C@H]2OC(CO)[C@@H](O)C(O)C2O)C(O[C@@H]2OC(C)[C@H](O)C(O)C2O)C1O. The summed E-state index contributed by atoms with van der Waals surface area (Å²) in [5.74, 6) is -0.579. The van der Waals surface area contributed by atoms with E-state index in [1.165, 1.54) is 20.8 Å². The Hall–Kier alpha value is -1.29. The van der Waals surface area contributed by atoms with E-state index in [4.69, 9.17) is 43.6 Å². The zero-order valence-electron chi connectivity index (χ0n) is 27.1. The average Bonchev–Trinajstić information content (AvgIpc) is 3.06. The van der Waals surface area contributed by atoms with Gasteiger partial charge in [-0.15, -0.1) is 0 Å². The zero-order valence-corrected chi connectivity index (χ0v) is 27.1. The molecule has 0 aromatic heterocycles. The molecule has 4 heterocycles. The molecule has 286 valence electrons. The van der Waals surface area contributed by atoms with Crippen molar-refractivity contribution in [1.29, 1.82) is 0 Å². The fourth-order valence-electron chi connectivity index (χ4n) is 6.16. The van der Waals surface area contributed by atoms with Crippen LogP contribution in [0.25, 0.3) is 0 Å². The monoisotopic (exact) mass is 718 g/mol. The highest BCUT2D eigenvalue weighted by atomic mass is 16.8. The van der Waals surface area contributed by atoms with E-state index >= 15 is 0 Å². The number of nitrogens with one attached hydrogen (secondary N) is 1. The van der Waals surface area contributed by atoms with Gasteiger partial charge in [-0.05, 0) is 13.8 Å². The molecule has 21 heteroatoms. The van der Waals surface area contributed by atoms with Crippen LogP contribution in [0.3, 0.4) is 0 Å². The van der Waals surface area contributed by atoms with Gasteiger partial charge in [-0.2, -0.15) is 0 Å². The first-order chi connectivity index (χ1) is 23.1. The van der Waals surface area contributed by atoms with Gasteiger partial charge in [0.25, 0.3) is 0 Å². The molecule has 0 aromatic carbocycles. The Labute approximate surface area is 280 Å². The van der Waals surface area contributed by atoms with Crippen molar-refractivity contribution in [2.75, 3.05) is 26.4 Å². The quantitative estimate of drug-likeness (QED) is 0.0891. The Morgan fingerprint density at radius 2 is 1.10 bits per heavy atom. The van der Waals surface area contributed by atoms with Gasteiger partial charge < -0.3 is 100 Å². The Kier molecular flexibility index (Phi) is 14.4. The van der Waals surface area contributed by atoms with E-state index in [1.807, 2.05) is 0 Å². The lowest BCUT2D eigenvalue weighted by atomic mass is 9.94. The molecule has 4 fully saturated rings. The van der Waals surface area contributed by atoms with Crippen molar-refractivity contribution in [2.24, 2.45) is 5.73 Å². The molecule has 4 saturated heterocycles. The first-order valence-electron chi connectivity index (χ1n) is 16.0. The van der Waals surface area contributed by atoms with E-state index in [0.29, 0.717) is 0 Å². The Balaban J connectivity index is 1.65. The molecular weight excluding hydrogens is 668 g/mol. The minimum Gasteiger partial charge on any atom is -0.394 e. The van der Waals surface area contributed by atoms with Crippen molar-refractivity contribution in [3.63, 3.8) is 0 Å². The maximum Gasteiger partial charge on any atom is 0.217 e. The normalized spacial score (nSPS) is 49.4. The fraction of sp³-hybridized carbons (Fsp3) is 0.964. The largest absolute Gasteiger partial charge is 0.394 e. The van der Waals surface area contributed by atoms with Crippen LogP contribution in [0.2, 0.25) is 0 Å². The number of rotatable bonds is 12. The summed E-state index contributed by atoms with van der Waals surface area (Å²) in [6, 6.07) is -1.24. The van der Waals surface area contributed by atoms with E-state index in [1.54, 1.807) is 0 Å². The summed E-state index contributed by atoms with van der Waals surface area (Å²) in [6.45, 7) is 2.53. The highest BCUT2D eigenvalue weighted by Gasteiger charge is 2.55. The molecule has 4 aliphatic heterocycles. The zero-order chi connectivity index (χ0) is 36.3. The minimum atomic E-state index is -1.93. The van der Waals surface area contributed by atoms with Gasteiger partial charge in [0.1, 0.15) is 85.4 Å². The topological polar surface area (TPSA) is 331 Å². The van der Waals surface area contributed by atoms with Gasteiger partial charge in [-0.25, -0.2) is 0 Å². The Morgan fingerprint density at radius 3 is 1.69 bits per heavy atom. The maximum atomic E-state index is 12.2. The predicted octanol–water partition coefficient (Wildman–Crippen LogP) is -7.57. The second-order valence-corrected chi connectivity index (χ2v) is 12.5. The second kappa shape index (κ2) is 17.5. The van der Waals surface area contributed by atoms with Crippen LogP contribution in [-0.2, 0) is 42.7 Å². The summed E-state index contributed by atoms with van der Waals surface area (Å²) in [5.41, 5.74) is 5.55. The molecule has 0 saturated carbocycles. The summed E-state index contributed by atoms with van der Waals surface area (Å²) in [7, 11) is 0. The molecule has 49 heavy (non-hydrogen) atoms. The van der Waals surface area contributed by atoms with Gasteiger partial charge in [-0.1, -0.05) is 0 Å². The molecule has 1 amide bonds. The molecule has 21 nitrogen and oxygen atoms in total. The van der Waals surface area contributed by atoms with Crippen LogP contribution >= 0.6 is 0 Å². The van der Waals surface area contributed by atoms with E-state index in [2.05, 4.69) is 5.32 Å². The predicted molar refractivity (Wildman–Crippen MR) is 155 cm³/mol. The number of nitrogens with two attached hydrogens (primary N) is 1. The first-order valence-corrected chi connectivity index (χ1v) is 16.0. The number of ether oxygens (including phenoxy) is 8. The summed E-state index contributed by atoms with van der Waals surface area (Å²) in [4.78, 5) is 12.2. The fourth-order valence-corrected chi connectivity index (χ4v) is 6.16. The minimum absolute atomic E-state index is 0.0448. The molecule has 13 unspecified atom stereocenters. The van der Waals surface area contributed by atoms with Crippen molar-refractivity contribution in [3.05, 3.63) is 0 Å². The molecule has 20 atom stereocenters. The first kappa shape index (κ1) is 40.5. The van der Waals surface area contributed by atoms with Gasteiger partial charge in [0.2, 0.25) is 5.91 Å². The van der Waals surface area contributed by atoms with Crippen LogP contribution in [0.15, 0.2) is 0 Å². The summed E-state index contributed by atoms with van der Waals surface area (Å²) in [6.07, 6.45) is -30.0. The standard InChI is InChI=1S/C28H50N2O19/c1-8-14(34)17(37)19(39)26(43-8)49-24-21(41)28(44-9(2)22(24)47-27-20(40)18(38)15(35)11(6-31)46-27)48-23-13(30-10(3)33)25(42-5-4-29)45-12(7-32)16(23)36/h8-9,11-28,31-32,34-41H,4-7,29H2,1-3H3,(H,30,33)/t8?,9?,11?,12?,13?,14-,15+,16+,17?,18?,19?,20?,21?,22-,23?,24?,25?,26-,27+,28-/m0/s1. The number of aliphatic hydroxyl groups excluding tert-OH is 10. The average molecular weight is 719 g/mol. The second-order valence-electron chi connectivity index (χ2n) is 12.5. The Morgan fingerprint density at radius 1 is 0.612 bits per heavy atom. The third-order valence-corrected chi connectivity index (χ3v) is 8.90. The van der Waals surface area contributed by atoms with Crippen molar-refractivity contribution < 1.29 is 93.8 Å². The van der Waals surface area contributed by atoms with Crippen LogP contribution in [0.1, 0.15) is 20.8 Å². The third-order valence-electron chi connectivity index (χ3n) is 8.90. The lowest BCUT2D eigenvalue weighted by Crippen LogP contribution is -2.69. The van der Waals surface area contributed by atoms with Crippen LogP contribution < -0.4 is 11.1 Å². The van der Waals surface area contributed by atoms with Crippen molar-refractivity contribution in [3.8, 4) is 0 Å². The number of hydrogen-bond acceptors (Lipinski definition) is 20. The number of hydrogen-bond donors (Lipinski definition) is 12. The van der Waals surface area contributed by atoms with Crippen LogP contribution in [0.5, 0.6) is 0 Å². The molecule has 4 aliphatic rings. The smallest absolute Gasteiger partial charge is 0.217 e. The molecule has 4 rings (SSSR count). The number of carbonyl (C=O) groups is 1. The van der Waals surface area contributed by atoms with Crippen molar-refractivity contribution >= 4 is 5.91 Å². The summed E-state index contributed by atoms with van der Waals surface area (Å²) < 4.78 is 46.1. The van der Waals surface area contributed by atoms with Crippen molar-refractivity contribution in [2.45, 2.75) is 144 Å². The maximum absolute atomic E-state index is 12.2. The van der Waals surface area contributed by atoms with Gasteiger partial charge in [0, 0.05) is 13.5 Å². The van der Waals surface area contributed by atoms with Gasteiger partial charge in [-0.3, -0.25) is 4.79 Å². The number of amides is 1. The lowest BCUT2D eigenvalue weighted by molar-refractivity contribution is -0.391. The molecule has 0 aromatic rings. The number of aliphatic hydroxyl groups is 10. The van der Waals surface area contributed by atoms with Gasteiger partial charge >= 0.3 is 0 Å². The summed E-state index contributed by atoms with van der Waals surface area (Å²) in [5, 5.41) is 107. The van der Waals surface area contributed by atoms with Crippen molar-refractivity contribution in [1.82, 2.24) is 5.32 Å². The lowest BCUT2D eigenvalue weighted by Gasteiger charge is -2.50. The molecule has 0 aliphatic carbocycles. The van der Waals surface area contributed by atoms with Crippen LogP contribution in [-0.4, -0.2) is 206 Å². The van der Waals surface area contributed by atoms with E-state index < -0.39 is 142 Å². The molecule has 0 bridgehead atoms. The molecular formula is C28H50N2O19. The molecule has 0 radical (unpaired) electrons.